The number of hydrogen-bond acceptors (Lipinski definition) is 5. The molecule has 1 unspecified atom stereocenters. The molecule has 3 rings (SSSR count). The van der Waals surface area contributed by atoms with Crippen LogP contribution in [0.1, 0.15) is 32.8 Å². The van der Waals surface area contributed by atoms with Crippen molar-refractivity contribution in [3.63, 3.8) is 0 Å². The highest BCUT2D eigenvalue weighted by Crippen LogP contribution is 2.30. The molecule has 0 radical (unpaired) electrons. The molecule has 0 aliphatic rings. The number of pyridine rings is 1. The lowest BCUT2D eigenvalue weighted by atomic mass is 10.00. The number of anilines is 1. The van der Waals surface area contributed by atoms with Gasteiger partial charge in [0.1, 0.15) is 11.8 Å². The van der Waals surface area contributed by atoms with Crippen LogP contribution in [0.4, 0.5) is 5.95 Å². The first-order valence-corrected chi connectivity index (χ1v) is 8.75. The van der Waals surface area contributed by atoms with E-state index in [4.69, 9.17) is 10.5 Å². The molecule has 0 saturated heterocycles. The Balaban J connectivity index is 1.88. The van der Waals surface area contributed by atoms with Gasteiger partial charge in [-0.2, -0.15) is 10.2 Å². The quantitative estimate of drug-likeness (QED) is 0.696. The lowest BCUT2D eigenvalue weighted by molar-refractivity contribution is 0.238. The minimum atomic E-state index is 0.319. The van der Waals surface area contributed by atoms with Gasteiger partial charge in [0.25, 0.3) is 0 Å². The molecule has 0 bridgehead atoms. The molecule has 2 heterocycles. The highest BCUT2D eigenvalue weighted by Gasteiger charge is 2.13. The van der Waals surface area contributed by atoms with Crippen molar-refractivity contribution in [1.29, 1.82) is 5.26 Å². The molecule has 6 nitrogen and oxygen atoms in total. The van der Waals surface area contributed by atoms with Crippen LogP contribution in [0.15, 0.2) is 30.5 Å². The topological polar surface area (TPSA) is 101 Å². The first-order chi connectivity index (χ1) is 12.5. The average molecular weight is 349 g/mol. The van der Waals surface area contributed by atoms with Crippen LogP contribution < -0.4 is 10.5 Å². The van der Waals surface area contributed by atoms with E-state index in [2.05, 4.69) is 41.8 Å². The maximum absolute atomic E-state index is 9.54. The van der Waals surface area contributed by atoms with Gasteiger partial charge in [-0.05, 0) is 42.0 Å². The van der Waals surface area contributed by atoms with Gasteiger partial charge in [-0.15, -0.1) is 0 Å². The summed E-state index contributed by atoms with van der Waals surface area (Å²) in [6, 6.07) is 9.73. The molecule has 3 N–H and O–H groups in total. The summed E-state index contributed by atoms with van der Waals surface area (Å²) >= 11 is 0. The second kappa shape index (κ2) is 7.44. The Morgan fingerprint density at radius 3 is 2.81 bits per heavy atom. The smallest absolute Gasteiger partial charge is 0.200 e. The van der Waals surface area contributed by atoms with Gasteiger partial charge in [0.15, 0.2) is 11.6 Å². The van der Waals surface area contributed by atoms with Crippen molar-refractivity contribution in [3.05, 3.63) is 36.0 Å². The van der Waals surface area contributed by atoms with Gasteiger partial charge in [-0.3, -0.25) is 0 Å². The molecule has 0 saturated carbocycles. The highest BCUT2D eigenvalue weighted by molar-refractivity contribution is 5.91. The van der Waals surface area contributed by atoms with Crippen molar-refractivity contribution in [2.45, 2.75) is 27.2 Å². The number of ether oxygens (including phenoxy) is 1. The molecular formula is C20H23N5O. The molecule has 0 aliphatic carbocycles. The first-order valence-electron chi connectivity index (χ1n) is 8.75. The third kappa shape index (κ3) is 3.77. The van der Waals surface area contributed by atoms with Gasteiger partial charge in [0.2, 0.25) is 0 Å². The van der Waals surface area contributed by atoms with E-state index in [0.717, 1.165) is 23.1 Å². The van der Waals surface area contributed by atoms with E-state index in [9.17, 15) is 5.26 Å². The Hall–Kier alpha value is -3.07. The van der Waals surface area contributed by atoms with Crippen LogP contribution in [0.3, 0.4) is 0 Å². The van der Waals surface area contributed by atoms with E-state index in [0.29, 0.717) is 41.4 Å². The molecule has 0 amide bonds. The highest BCUT2D eigenvalue weighted by atomic mass is 16.5. The molecule has 1 atom stereocenters. The van der Waals surface area contributed by atoms with Crippen LogP contribution >= 0.6 is 0 Å². The van der Waals surface area contributed by atoms with Gasteiger partial charge < -0.3 is 15.5 Å². The number of nitrogens with one attached hydrogen (secondary N) is 1. The van der Waals surface area contributed by atoms with E-state index >= 15 is 0 Å². The summed E-state index contributed by atoms with van der Waals surface area (Å²) in [5, 5.41) is 9.54. The van der Waals surface area contributed by atoms with Crippen molar-refractivity contribution < 1.29 is 4.74 Å². The maximum atomic E-state index is 9.54. The number of nitrogen functional groups attached to an aromatic ring is 1. The number of nitriles is 1. The summed E-state index contributed by atoms with van der Waals surface area (Å²) in [7, 11) is 0. The maximum Gasteiger partial charge on any atom is 0.200 e. The minimum Gasteiger partial charge on any atom is -0.492 e. The third-order valence-corrected chi connectivity index (χ3v) is 4.22. The second-order valence-electron chi connectivity index (χ2n) is 7.05. The molecule has 0 spiro atoms. The van der Waals surface area contributed by atoms with E-state index < -0.39 is 0 Å². The summed E-state index contributed by atoms with van der Waals surface area (Å²) in [5.74, 6) is 2.00. The molecule has 0 aliphatic heterocycles. The number of fused-ring (bicyclic) bond motifs is 1. The normalized spacial score (nSPS) is 12.3. The Morgan fingerprint density at radius 2 is 2.08 bits per heavy atom. The minimum absolute atomic E-state index is 0.319. The summed E-state index contributed by atoms with van der Waals surface area (Å²) in [4.78, 5) is 11.4. The zero-order valence-corrected chi connectivity index (χ0v) is 15.3. The molecule has 0 fully saturated rings. The Bertz CT molecular complexity index is 954. The predicted molar refractivity (Wildman–Crippen MR) is 103 cm³/mol. The van der Waals surface area contributed by atoms with Crippen LogP contribution in [0.5, 0.6) is 5.75 Å². The summed E-state index contributed by atoms with van der Waals surface area (Å²) in [5.41, 5.74) is 9.35. The molecule has 134 valence electrons. The number of benzene rings is 1. The number of nitrogens with zero attached hydrogens (tertiary/aromatic N) is 3. The van der Waals surface area contributed by atoms with Crippen molar-refractivity contribution in [2.75, 3.05) is 12.3 Å². The van der Waals surface area contributed by atoms with Crippen LogP contribution in [0.25, 0.3) is 22.3 Å². The molecule has 3 aromatic rings. The summed E-state index contributed by atoms with van der Waals surface area (Å²) in [6.07, 6.45) is 2.78. The third-order valence-electron chi connectivity index (χ3n) is 4.22. The first kappa shape index (κ1) is 17.7. The molecular weight excluding hydrogens is 326 g/mol. The second-order valence-corrected chi connectivity index (χ2v) is 7.05. The van der Waals surface area contributed by atoms with E-state index in [-0.39, 0.29) is 0 Å². The molecule has 26 heavy (non-hydrogen) atoms. The zero-order chi connectivity index (χ0) is 18.7. The van der Waals surface area contributed by atoms with Crippen molar-refractivity contribution >= 4 is 17.1 Å². The molecule has 1 aromatic carbocycles. The Labute approximate surface area is 153 Å². The van der Waals surface area contributed by atoms with Gasteiger partial charge in [-0.25, -0.2) is 4.98 Å². The van der Waals surface area contributed by atoms with Crippen molar-refractivity contribution in [1.82, 2.24) is 15.0 Å². The number of aromatic amines is 1. The van der Waals surface area contributed by atoms with Crippen molar-refractivity contribution in [2.24, 2.45) is 11.8 Å². The molecule has 6 heteroatoms. The SMILES string of the molecule is CC(C)CC(C)COc1ccc(-c2ccnc3nc(N)[nH]c23)cc1C#N. The average Bonchev–Trinajstić information content (AvgIpc) is 2.99. The zero-order valence-electron chi connectivity index (χ0n) is 15.3. The van der Waals surface area contributed by atoms with Gasteiger partial charge in [-0.1, -0.05) is 26.8 Å². The van der Waals surface area contributed by atoms with Crippen LogP contribution in [-0.4, -0.2) is 21.6 Å². The largest absolute Gasteiger partial charge is 0.492 e. The number of imidazole rings is 1. The fourth-order valence-electron chi connectivity index (χ4n) is 3.18. The summed E-state index contributed by atoms with van der Waals surface area (Å²) < 4.78 is 5.90. The van der Waals surface area contributed by atoms with Gasteiger partial charge in [0.05, 0.1) is 17.7 Å². The van der Waals surface area contributed by atoms with Gasteiger partial charge >= 0.3 is 0 Å². The Morgan fingerprint density at radius 1 is 1.27 bits per heavy atom. The predicted octanol–water partition coefficient (Wildman–Crippen LogP) is 4.14. The lowest BCUT2D eigenvalue weighted by Gasteiger charge is -2.16. The fraction of sp³-hybridized carbons (Fsp3) is 0.350. The van der Waals surface area contributed by atoms with E-state index in [1.807, 2.05) is 24.3 Å². The monoisotopic (exact) mass is 349 g/mol. The van der Waals surface area contributed by atoms with Crippen LogP contribution in [-0.2, 0) is 0 Å². The number of aromatic nitrogens is 3. The van der Waals surface area contributed by atoms with Gasteiger partial charge in [0, 0.05) is 11.8 Å². The number of hydrogen-bond donors (Lipinski definition) is 2. The van der Waals surface area contributed by atoms with E-state index in [1.54, 1.807) is 6.20 Å². The number of rotatable bonds is 6. The van der Waals surface area contributed by atoms with Crippen LogP contribution in [0.2, 0.25) is 0 Å². The molecule has 2 aromatic heterocycles. The van der Waals surface area contributed by atoms with Crippen molar-refractivity contribution in [3.8, 4) is 22.9 Å². The lowest BCUT2D eigenvalue weighted by Crippen LogP contribution is -2.11. The van der Waals surface area contributed by atoms with Crippen LogP contribution in [0, 0.1) is 23.2 Å². The fourth-order valence-corrected chi connectivity index (χ4v) is 3.18. The standard InChI is InChI=1S/C20H23N5O/c1-12(2)8-13(3)11-26-17-5-4-14(9-15(17)10-21)16-6-7-23-19-18(16)24-20(22)25-19/h4-7,9,12-13H,8,11H2,1-3H3,(H3,22,23,24,25). The number of nitrogens with two attached hydrogens (primary N) is 1. The summed E-state index contributed by atoms with van der Waals surface area (Å²) in [6.45, 7) is 7.16. The Kier molecular flexibility index (Phi) is 5.08. The number of H-pyrrole nitrogens is 1. The van der Waals surface area contributed by atoms with E-state index in [1.165, 1.54) is 0 Å².